The van der Waals surface area contributed by atoms with E-state index in [9.17, 15) is 10.2 Å². The molecule has 2 unspecified atom stereocenters. The van der Waals surface area contributed by atoms with E-state index in [1.165, 1.54) is 0 Å². The maximum atomic E-state index is 9.37. The van der Waals surface area contributed by atoms with Crippen molar-refractivity contribution < 1.29 is 14.9 Å². The lowest BCUT2D eigenvalue weighted by molar-refractivity contribution is 0.0325. The van der Waals surface area contributed by atoms with Crippen molar-refractivity contribution in [3.8, 4) is 12.3 Å². The largest absolute Gasteiger partial charge is 0.493 e. The van der Waals surface area contributed by atoms with Crippen LogP contribution in [0.1, 0.15) is 32.6 Å². The van der Waals surface area contributed by atoms with Crippen molar-refractivity contribution >= 4 is 0 Å². The highest BCUT2D eigenvalue weighted by molar-refractivity contribution is 5.68. The molecule has 0 amide bonds. The molecule has 24 heavy (non-hydrogen) atoms. The van der Waals surface area contributed by atoms with Crippen LogP contribution in [0.5, 0.6) is 0 Å². The summed E-state index contributed by atoms with van der Waals surface area (Å²) in [7, 11) is 0. The van der Waals surface area contributed by atoms with Crippen LogP contribution in [0.25, 0.3) is 0 Å². The number of ether oxygens (including phenoxy) is 1. The highest BCUT2D eigenvalue weighted by Gasteiger charge is 2.48. The second-order valence-electron chi connectivity index (χ2n) is 7.02. The van der Waals surface area contributed by atoms with E-state index in [1.54, 1.807) is 0 Å². The molecule has 0 bridgehead atoms. The topological polar surface area (TPSA) is 75.7 Å². The van der Waals surface area contributed by atoms with Crippen LogP contribution in [-0.4, -0.2) is 29.5 Å². The normalized spacial score (nSPS) is 32.5. The molecule has 128 valence electrons. The molecule has 3 atom stereocenters. The Balaban J connectivity index is 1.78. The van der Waals surface area contributed by atoms with Crippen molar-refractivity contribution in [3.63, 3.8) is 0 Å². The number of fused-ring (bicyclic) bond motifs is 1. The van der Waals surface area contributed by atoms with E-state index in [4.69, 9.17) is 16.9 Å². The summed E-state index contributed by atoms with van der Waals surface area (Å²) in [6, 6.07) is 0. The highest BCUT2D eigenvalue weighted by Crippen LogP contribution is 2.57. The van der Waals surface area contributed by atoms with Gasteiger partial charge in [0.15, 0.2) is 0 Å². The first-order valence-corrected chi connectivity index (χ1v) is 8.53. The molecule has 1 saturated carbocycles. The Hall–Kier alpha value is -1.96. The summed E-state index contributed by atoms with van der Waals surface area (Å²) in [6.07, 6.45) is 15.7. The Kier molecular flexibility index (Phi) is 4.58. The van der Waals surface area contributed by atoms with Crippen LogP contribution in [0.4, 0.5) is 0 Å². The predicted molar refractivity (Wildman–Crippen MR) is 93.4 cm³/mol. The molecule has 0 saturated heterocycles. The van der Waals surface area contributed by atoms with Gasteiger partial charge in [0.1, 0.15) is 5.76 Å². The highest BCUT2D eigenvalue weighted by atomic mass is 16.5. The zero-order chi connectivity index (χ0) is 17.3. The lowest BCUT2D eigenvalue weighted by Crippen LogP contribution is -2.27. The number of hydrogen-bond acceptors (Lipinski definition) is 4. The van der Waals surface area contributed by atoms with Gasteiger partial charge >= 0.3 is 0 Å². The third-order valence-corrected chi connectivity index (χ3v) is 5.35. The lowest BCUT2D eigenvalue weighted by Gasteiger charge is -2.32. The standard InChI is InChI=1S/C20H25NO3/c1-3-14(12-23)19(21)16-7-8-18(20(2)10-17(16)20)24-15-6-4-5-13(9-15)11-22/h1,7-8,10,13,15,22-23H,4-6,9,11-12,21H2,2H3/b19-14+/t13-,15?,20?/m0/s1. The third kappa shape index (κ3) is 2.90. The number of aliphatic hydroxyl groups is 2. The fourth-order valence-electron chi connectivity index (χ4n) is 3.70. The van der Waals surface area contributed by atoms with Gasteiger partial charge in [-0.05, 0) is 56.3 Å². The van der Waals surface area contributed by atoms with Crippen LogP contribution in [0.3, 0.4) is 0 Å². The van der Waals surface area contributed by atoms with Crippen LogP contribution in [0.15, 0.2) is 46.4 Å². The molecular weight excluding hydrogens is 302 g/mol. The molecule has 0 radical (unpaired) electrons. The summed E-state index contributed by atoms with van der Waals surface area (Å²) >= 11 is 0. The fraction of sp³-hybridized carbons (Fsp3) is 0.500. The Bertz CT molecular complexity index is 692. The van der Waals surface area contributed by atoms with Crippen LogP contribution in [-0.2, 0) is 4.74 Å². The zero-order valence-electron chi connectivity index (χ0n) is 14.1. The van der Waals surface area contributed by atoms with Gasteiger partial charge in [0.25, 0.3) is 0 Å². The zero-order valence-corrected chi connectivity index (χ0v) is 14.1. The van der Waals surface area contributed by atoms with E-state index < -0.39 is 0 Å². The minimum absolute atomic E-state index is 0.163. The van der Waals surface area contributed by atoms with Gasteiger partial charge in [-0.3, -0.25) is 0 Å². The number of rotatable bonds is 5. The molecule has 4 heteroatoms. The van der Waals surface area contributed by atoms with E-state index in [0.29, 0.717) is 17.2 Å². The molecule has 3 rings (SSSR count). The van der Waals surface area contributed by atoms with Gasteiger partial charge < -0.3 is 20.7 Å². The van der Waals surface area contributed by atoms with Gasteiger partial charge in [-0.25, -0.2) is 0 Å². The van der Waals surface area contributed by atoms with Gasteiger partial charge in [-0.15, -0.1) is 6.42 Å². The van der Waals surface area contributed by atoms with Gasteiger partial charge in [0.05, 0.1) is 29.4 Å². The smallest absolute Gasteiger partial charge is 0.110 e. The Morgan fingerprint density at radius 2 is 2.21 bits per heavy atom. The van der Waals surface area contributed by atoms with E-state index >= 15 is 0 Å². The van der Waals surface area contributed by atoms with Crippen molar-refractivity contribution in [2.45, 2.75) is 38.7 Å². The lowest BCUT2D eigenvalue weighted by atomic mass is 9.86. The summed E-state index contributed by atoms with van der Waals surface area (Å²) in [4.78, 5) is 0. The van der Waals surface area contributed by atoms with Gasteiger partial charge in [0.2, 0.25) is 0 Å². The van der Waals surface area contributed by atoms with E-state index in [2.05, 4.69) is 18.9 Å². The number of hydrogen-bond donors (Lipinski definition) is 3. The van der Waals surface area contributed by atoms with E-state index in [-0.39, 0.29) is 24.7 Å². The Morgan fingerprint density at radius 3 is 2.88 bits per heavy atom. The first-order chi connectivity index (χ1) is 11.5. The van der Waals surface area contributed by atoms with Crippen molar-refractivity contribution in [1.29, 1.82) is 0 Å². The summed E-state index contributed by atoms with van der Waals surface area (Å²) in [6.45, 7) is 2.11. The first-order valence-electron chi connectivity index (χ1n) is 8.53. The average Bonchev–Trinajstić information content (AvgIpc) is 3.29. The molecule has 0 aromatic rings. The quantitative estimate of drug-likeness (QED) is 0.677. The third-order valence-electron chi connectivity index (χ3n) is 5.35. The number of allylic oxidation sites excluding steroid dienone is 4. The molecule has 0 aliphatic heterocycles. The molecule has 4 N–H and O–H groups in total. The summed E-state index contributed by atoms with van der Waals surface area (Å²) in [5.74, 6) is 3.73. The molecule has 0 aromatic carbocycles. The Morgan fingerprint density at radius 1 is 1.42 bits per heavy atom. The van der Waals surface area contributed by atoms with Crippen LogP contribution in [0, 0.1) is 23.7 Å². The number of aliphatic hydroxyl groups excluding tert-OH is 2. The summed E-state index contributed by atoms with van der Waals surface area (Å²) < 4.78 is 6.27. The van der Waals surface area contributed by atoms with Crippen LogP contribution in [0.2, 0.25) is 0 Å². The van der Waals surface area contributed by atoms with E-state index in [1.807, 2.05) is 12.2 Å². The predicted octanol–water partition coefficient (Wildman–Crippen LogP) is 2.16. The molecule has 0 spiro atoms. The second-order valence-corrected chi connectivity index (χ2v) is 7.02. The average molecular weight is 327 g/mol. The fourth-order valence-corrected chi connectivity index (χ4v) is 3.70. The van der Waals surface area contributed by atoms with Gasteiger partial charge in [0, 0.05) is 12.2 Å². The minimum Gasteiger partial charge on any atom is -0.493 e. The molecular formula is C20H25NO3. The first kappa shape index (κ1) is 16.9. The number of nitrogens with two attached hydrogens (primary N) is 1. The van der Waals surface area contributed by atoms with Crippen molar-refractivity contribution in [3.05, 3.63) is 46.4 Å². The summed E-state index contributed by atoms with van der Waals surface area (Å²) in [5, 5.41) is 18.7. The molecule has 4 nitrogen and oxygen atoms in total. The molecule has 0 heterocycles. The molecule has 1 fully saturated rings. The van der Waals surface area contributed by atoms with E-state index in [0.717, 1.165) is 42.6 Å². The van der Waals surface area contributed by atoms with Crippen molar-refractivity contribution in [2.24, 2.45) is 17.1 Å². The van der Waals surface area contributed by atoms with Gasteiger partial charge in [-0.2, -0.15) is 0 Å². The molecule has 3 aliphatic rings. The molecule has 3 aliphatic carbocycles. The van der Waals surface area contributed by atoms with Crippen LogP contribution < -0.4 is 5.73 Å². The van der Waals surface area contributed by atoms with Crippen LogP contribution >= 0.6 is 0 Å². The molecule has 0 aromatic heterocycles. The maximum Gasteiger partial charge on any atom is 0.110 e. The number of terminal acetylenes is 1. The van der Waals surface area contributed by atoms with Crippen molar-refractivity contribution in [2.75, 3.05) is 13.2 Å². The summed E-state index contributed by atoms with van der Waals surface area (Å²) in [5.41, 5.74) is 8.75. The maximum absolute atomic E-state index is 9.37. The second kappa shape index (κ2) is 6.51. The van der Waals surface area contributed by atoms with Gasteiger partial charge in [-0.1, -0.05) is 12.0 Å². The minimum atomic E-state index is -0.235. The Labute approximate surface area is 143 Å². The van der Waals surface area contributed by atoms with Crippen molar-refractivity contribution in [1.82, 2.24) is 0 Å². The SMILES string of the molecule is C#C/C(CO)=C(\N)C1=CC=C(OC2CCC[C@H](CO)C2)C2(C)C=C12. The monoisotopic (exact) mass is 327 g/mol.